The van der Waals surface area contributed by atoms with Gasteiger partial charge in [-0.05, 0) is 49.1 Å². The van der Waals surface area contributed by atoms with E-state index in [1.54, 1.807) is 7.11 Å². The minimum absolute atomic E-state index is 0.0978. The largest absolute Gasteiger partial charge is 0.497 e. The maximum absolute atomic E-state index is 6.00. The van der Waals surface area contributed by atoms with E-state index in [0.717, 1.165) is 30.6 Å². The topological polar surface area (TPSA) is 48.2 Å². The number of hydrogen-bond donors (Lipinski definition) is 0. The zero-order valence-corrected chi connectivity index (χ0v) is 14.4. The van der Waals surface area contributed by atoms with E-state index >= 15 is 0 Å². The highest BCUT2D eigenvalue weighted by Gasteiger charge is 2.21. The second-order valence-electron chi connectivity index (χ2n) is 5.86. The molecule has 0 amide bonds. The third-order valence-electron chi connectivity index (χ3n) is 4.18. The molecule has 4 heteroatoms. The van der Waals surface area contributed by atoms with Crippen molar-refractivity contribution >= 4 is 0 Å². The number of benzene rings is 2. The number of aromatic nitrogens is 2. The smallest absolute Gasteiger partial charge is 0.247 e. The fourth-order valence-electron chi connectivity index (χ4n) is 2.81. The quantitative estimate of drug-likeness (QED) is 0.418. The van der Waals surface area contributed by atoms with Gasteiger partial charge in [0.15, 0.2) is 0 Å². The van der Waals surface area contributed by atoms with Crippen LogP contribution in [0.4, 0.5) is 0 Å². The molecular formula is C21H22N2O2. The molecule has 0 aliphatic rings. The summed E-state index contributed by atoms with van der Waals surface area (Å²) in [7, 11) is 1.65. The minimum atomic E-state index is 0.0978. The number of ether oxygens (including phenoxy) is 1. The van der Waals surface area contributed by atoms with E-state index in [-0.39, 0.29) is 5.92 Å². The summed E-state index contributed by atoms with van der Waals surface area (Å²) in [5.74, 6) is 2.08. The number of unbranched alkanes of at least 4 members (excludes halogenated alkanes) is 1. The van der Waals surface area contributed by atoms with Crippen LogP contribution in [0.3, 0.4) is 0 Å². The van der Waals surface area contributed by atoms with Gasteiger partial charge >= 0.3 is 0 Å². The fourth-order valence-corrected chi connectivity index (χ4v) is 2.81. The highest BCUT2D eigenvalue weighted by atomic mass is 16.5. The van der Waals surface area contributed by atoms with E-state index in [9.17, 15) is 0 Å². The highest BCUT2D eigenvalue weighted by Crippen LogP contribution is 2.31. The van der Waals surface area contributed by atoms with Gasteiger partial charge in [-0.1, -0.05) is 36.4 Å². The normalized spacial score (nSPS) is 11.9. The molecule has 0 aliphatic carbocycles. The molecule has 0 spiro atoms. The molecule has 0 aliphatic heterocycles. The molecule has 1 atom stereocenters. The lowest BCUT2D eigenvalue weighted by Crippen LogP contribution is -2.01. The van der Waals surface area contributed by atoms with Gasteiger partial charge < -0.3 is 9.15 Å². The number of allylic oxidation sites excluding steroid dienone is 1. The van der Waals surface area contributed by atoms with Crippen LogP contribution < -0.4 is 4.74 Å². The maximum atomic E-state index is 6.00. The summed E-state index contributed by atoms with van der Waals surface area (Å²) >= 11 is 0. The first kappa shape index (κ1) is 17.0. The molecule has 0 radical (unpaired) electrons. The van der Waals surface area contributed by atoms with Crippen LogP contribution >= 0.6 is 0 Å². The van der Waals surface area contributed by atoms with E-state index in [4.69, 9.17) is 9.15 Å². The van der Waals surface area contributed by atoms with Crippen molar-refractivity contribution in [3.63, 3.8) is 0 Å². The molecule has 2 aromatic carbocycles. The Morgan fingerprint density at radius 2 is 1.84 bits per heavy atom. The van der Waals surface area contributed by atoms with Crippen LogP contribution in [0.5, 0.6) is 5.75 Å². The van der Waals surface area contributed by atoms with Gasteiger partial charge in [0.05, 0.1) is 13.0 Å². The number of rotatable bonds is 8. The molecule has 3 rings (SSSR count). The Hall–Kier alpha value is -2.88. The van der Waals surface area contributed by atoms with Gasteiger partial charge in [0.25, 0.3) is 0 Å². The van der Waals surface area contributed by atoms with Crippen molar-refractivity contribution in [1.82, 2.24) is 10.2 Å². The third kappa shape index (κ3) is 4.15. The third-order valence-corrected chi connectivity index (χ3v) is 4.18. The lowest BCUT2D eigenvalue weighted by Gasteiger charge is -2.12. The lowest BCUT2D eigenvalue weighted by atomic mass is 9.93. The number of nitrogens with zero attached hydrogens (tertiary/aromatic N) is 2. The van der Waals surface area contributed by atoms with Crippen LogP contribution in [0.1, 0.15) is 36.6 Å². The molecule has 0 fully saturated rings. The van der Waals surface area contributed by atoms with Gasteiger partial charge in [-0.2, -0.15) is 0 Å². The van der Waals surface area contributed by atoms with E-state index < -0.39 is 0 Å². The van der Waals surface area contributed by atoms with E-state index in [1.165, 1.54) is 5.56 Å². The second kappa shape index (κ2) is 8.29. The molecule has 25 heavy (non-hydrogen) atoms. The molecule has 1 heterocycles. The molecular weight excluding hydrogens is 312 g/mol. The van der Waals surface area contributed by atoms with Crippen molar-refractivity contribution in [3.05, 3.63) is 78.7 Å². The first-order chi connectivity index (χ1) is 12.3. The number of hydrogen-bond acceptors (Lipinski definition) is 4. The van der Waals surface area contributed by atoms with Gasteiger partial charge in [0, 0.05) is 5.56 Å². The van der Waals surface area contributed by atoms with Crippen LogP contribution in [-0.4, -0.2) is 17.3 Å². The van der Waals surface area contributed by atoms with Gasteiger partial charge in [-0.25, -0.2) is 0 Å². The van der Waals surface area contributed by atoms with Crippen molar-refractivity contribution in [1.29, 1.82) is 0 Å². The Morgan fingerprint density at radius 3 is 2.52 bits per heavy atom. The van der Waals surface area contributed by atoms with Gasteiger partial charge in [0.1, 0.15) is 5.75 Å². The van der Waals surface area contributed by atoms with E-state index in [1.807, 2.05) is 48.5 Å². The first-order valence-electron chi connectivity index (χ1n) is 8.45. The van der Waals surface area contributed by atoms with E-state index in [2.05, 4.69) is 28.9 Å². The molecule has 0 N–H and O–H groups in total. The maximum Gasteiger partial charge on any atom is 0.247 e. The predicted molar refractivity (Wildman–Crippen MR) is 98.6 cm³/mol. The SMILES string of the molecule is C=CCCC[C@H](c1ccccc1)c1nnc(-c2ccc(OC)cc2)o1. The van der Waals surface area contributed by atoms with Crippen molar-refractivity contribution in [2.75, 3.05) is 7.11 Å². The van der Waals surface area contributed by atoms with Gasteiger partial charge in [0.2, 0.25) is 11.8 Å². The molecule has 0 saturated carbocycles. The van der Waals surface area contributed by atoms with Crippen LogP contribution in [-0.2, 0) is 0 Å². The van der Waals surface area contributed by atoms with Crippen molar-refractivity contribution in [2.45, 2.75) is 25.2 Å². The second-order valence-corrected chi connectivity index (χ2v) is 5.86. The van der Waals surface area contributed by atoms with Crippen LogP contribution in [0.15, 0.2) is 71.7 Å². The summed E-state index contributed by atoms with van der Waals surface area (Å²) in [5, 5.41) is 8.56. The van der Waals surface area contributed by atoms with Crippen LogP contribution in [0, 0.1) is 0 Å². The summed E-state index contributed by atoms with van der Waals surface area (Å²) in [4.78, 5) is 0. The summed E-state index contributed by atoms with van der Waals surface area (Å²) in [5.41, 5.74) is 2.08. The molecule has 4 nitrogen and oxygen atoms in total. The Balaban J connectivity index is 1.86. The van der Waals surface area contributed by atoms with Gasteiger partial charge in [-0.3, -0.25) is 0 Å². The summed E-state index contributed by atoms with van der Waals surface area (Å²) < 4.78 is 11.2. The summed E-state index contributed by atoms with van der Waals surface area (Å²) in [6.07, 6.45) is 4.89. The summed E-state index contributed by atoms with van der Waals surface area (Å²) in [6.45, 7) is 3.80. The average Bonchev–Trinajstić information content (AvgIpc) is 3.16. The zero-order chi connectivity index (χ0) is 17.5. The zero-order valence-electron chi connectivity index (χ0n) is 14.4. The van der Waals surface area contributed by atoms with Crippen molar-refractivity contribution in [2.24, 2.45) is 0 Å². The predicted octanol–water partition coefficient (Wildman–Crippen LogP) is 5.23. The number of methoxy groups -OCH3 is 1. The highest BCUT2D eigenvalue weighted by molar-refractivity contribution is 5.54. The molecule has 128 valence electrons. The minimum Gasteiger partial charge on any atom is -0.497 e. The first-order valence-corrected chi connectivity index (χ1v) is 8.45. The fraction of sp³-hybridized carbons (Fsp3) is 0.238. The Bertz CT molecular complexity index is 794. The van der Waals surface area contributed by atoms with E-state index in [0.29, 0.717) is 11.8 Å². The van der Waals surface area contributed by atoms with Crippen molar-refractivity contribution < 1.29 is 9.15 Å². The standard InChI is InChI=1S/C21H22N2O2/c1-3-4-6-11-19(16-9-7-5-8-10-16)21-23-22-20(25-21)17-12-14-18(24-2)15-13-17/h3,5,7-10,12-15,19H,1,4,6,11H2,2H3/t19-/m1/s1. The van der Waals surface area contributed by atoms with Crippen LogP contribution in [0.25, 0.3) is 11.5 Å². The monoisotopic (exact) mass is 334 g/mol. The molecule has 3 aromatic rings. The molecule has 0 saturated heterocycles. The Kier molecular flexibility index (Phi) is 5.62. The average molecular weight is 334 g/mol. The van der Waals surface area contributed by atoms with Gasteiger partial charge in [-0.15, -0.1) is 16.8 Å². The van der Waals surface area contributed by atoms with Crippen molar-refractivity contribution in [3.8, 4) is 17.2 Å². The Labute approximate surface area is 148 Å². The molecule has 0 unspecified atom stereocenters. The molecule has 1 aromatic heterocycles. The Morgan fingerprint density at radius 1 is 1.08 bits per heavy atom. The lowest BCUT2D eigenvalue weighted by molar-refractivity contribution is 0.414. The summed E-state index contributed by atoms with van der Waals surface area (Å²) in [6, 6.07) is 17.9. The molecule has 0 bridgehead atoms. The van der Waals surface area contributed by atoms with Crippen LogP contribution in [0.2, 0.25) is 0 Å².